The predicted molar refractivity (Wildman–Crippen MR) is 90.6 cm³/mol. The quantitative estimate of drug-likeness (QED) is 0.808. The van der Waals surface area contributed by atoms with Crippen LogP contribution in [-0.2, 0) is 20.7 Å². The molecule has 0 saturated carbocycles. The number of fused-ring (bicyclic) bond motifs is 1. The second-order valence-electron chi connectivity index (χ2n) is 6.29. The third-order valence-electron chi connectivity index (χ3n) is 4.53. The molecule has 0 radical (unpaired) electrons. The van der Waals surface area contributed by atoms with E-state index >= 15 is 0 Å². The summed E-state index contributed by atoms with van der Waals surface area (Å²) in [5, 5.41) is 0.957. The van der Waals surface area contributed by atoms with Crippen LogP contribution in [0.4, 0.5) is 0 Å². The standard InChI is InChI=1S/C19H23NO4/c1-3-23-19(22)16-6-4-5-9-20(16)18(21)11-14-12-24-17-10-13(2)7-8-15(14)17/h7-8,10,12,16H,3-6,9,11H2,1-2H3. The normalized spacial score (nSPS) is 17.9. The van der Waals surface area contributed by atoms with Crippen molar-refractivity contribution in [2.45, 2.75) is 45.6 Å². The molecule has 24 heavy (non-hydrogen) atoms. The Morgan fingerprint density at radius 3 is 2.96 bits per heavy atom. The summed E-state index contributed by atoms with van der Waals surface area (Å²) in [5.41, 5.74) is 2.77. The molecule has 3 rings (SSSR count). The van der Waals surface area contributed by atoms with E-state index in [9.17, 15) is 9.59 Å². The molecule has 1 atom stereocenters. The number of benzene rings is 1. The maximum Gasteiger partial charge on any atom is 0.328 e. The lowest BCUT2D eigenvalue weighted by atomic mass is 10.0. The summed E-state index contributed by atoms with van der Waals surface area (Å²) in [6.07, 6.45) is 4.43. The molecular formula is C19H23NO4. The van der Waals surface area contributed by atoms with Gasteiger partial charge in [0.05, 0.1) is 19.3 Å². The second-order valence-corrected chi connectivity index (χ2v) is 6.29. The van der Waals surface area contributed by atoms with Crippen LogP contribution in [0.25, 0.3) is 11.0 Å². The number of nitrogens with zero attached hydrogens (tertiary/aromatic N) is 1. The van der Waals surface area contributed by atoms with E-state index in [0.29, 0.717) is 19.6 Å². The first kappa shape index (κ1) is 16.6. The van der Waals surface area contributed by atoms with Crippen molar-refractivity contribution in [2.75, 3.05) is 13.2 Å². The minimum absolute atomic E-state index is 0.0453. The fourth-order valence-electron chi connectivity index (χ4n) is 3.31. The molecule has 1 amide bonds. The Hall–Kier alpha value is -2.30. The molecule has 2 aromatic rings. The lowest BCUT2D eigenvalue weighted by Gasteiger charge is -2.34. The van der Waals surface area contributed by atoms with Gasteiger partial charge in [-0.15, -0.1) is 0 Å². The maximum atomic E-state index is 12.8. The average molecular weight is 329 g/mol. The van der Waals surface area contributed by atoms with E-state index in [1.165, 1.54) is 0 Å². The summed E-state index contributed by atoms with van der Waals surface area (Å²) in [7, 11) is 0. The Labute approximate surface area is 141 Å². The first-order valence-electron chi connectivity index (χ1n) is 8.53. The molecule has 1 aromatic heterocycles. The van der Waals surface area contributed by atoms with E-state index in [-0.39, 0.29) is 18.3 Å². The molecule has 0 N–H and O–H groups in total. The highest BCUT2D eigenvalue weighted by Crippen LogP contribution is 2.25. The minimum atomic E-state index is -0.452. The second kappa shape index (κ2) is 7.07. The first-order chi connectivity index (χ1) is 11.6. The molecule has 1 aromatic carbocycles. The lowest BCUT2D eigenvalue weighted by molar-refractivity contribution is -0.156. The van der Waals surface area contributed by atoms with Crippen molar-refractivity contribution in [1.29, 1.82) is 0 Å². The van der Waals surface area contributed by atoms with Gasteiger partial charge in [0.2, 0.25) is 5.91 Å². The molecule has 1 fully saturated rings. The van der Waals surface area contributed by atoms with E-state index in [1.54, 1.807) is 18.1 Å². The summed E-state index contributed by atoms with van der Waals surface area (Å²) >= 11 is 0. The molecule has 2 heterocycles. The number of piperidine rings is 1. The Balaban J connectivity index is 1.78. The fraction of sp³-hybridized carbons (Fsp3) is 0.474. The number of ether oxygens (including phenoxy) is 1. The maximum absolute atomic E-state index is 12.8. The van der Waals surface area contributed by atoms with E-state index in [2.05, 4.69) is 0 Å². The Bertz CT molecular complexity index is 749. The molecule has 0 bridgehead atoms. The number of aryl methyl sites for hydroxylation is 1. The zero-order valence-electron chi connectivity index (χ0n) is 14.2. The molecular weight excluding hydrogens is 306 g/mol. The number of rotatable bonds is 4. The highest BCUT2D eigenvalue weighted by molar-refractivity contribution is 5.90. The van der Waals surface area contributed by atoms with Crippen molar-refractivity contribution in [3.63, 3.8) is 0 Å². The van der Waals surface area contributed by atoms with E-state index < -0.39 is 6.04 Å². The Kier molecular flexibility index (Phi) is 4.88. The summed E-state index contributed by atoms with van der Waals surface area (Å²) in [4.78, 5) is 26.6. The number of furan rings is 1. The van der Waals surface area contributed by atoms with Crippen molar-refractivity contribution >= 4 is 22.8 Å². The topological polar surface area (TPSA) is 59.8 Å². The van der Waals surface area contributed by atoms with E-state index in [4.69, 9.17) is 9.15 Å². The molecule has 0 spiro atoms. The number of likely N-dealkylation sites (tertiary alicyclic amines) is 1. The predicted octanol–water partition coefficient (Wildman–Crippen LogP) is 3.23. The van der Waals surface area contributed by atoms with Gasteiger partial charge in [-0.05, 0) is 44.7 Å². The molecule has 128 valence electrons. The SMILES string of the molecule is CCOC(=O)C1CCCCN1C(=O)Cc1coc2cc(C)ccc12. The van der Waals surface area contributed by atoms with Gasteiger partial charge in [-0.3, -0.25) is 4.79 Å². The van der Waals surface area contributed by atoms with Gasteiger partial charge in [0.25, 0.3) is 0 Å². The minimum Gasteiger partial charge on any atom is -0.464 e. The van der Waals surface area contributed by atoms with Gasteiger partial charge in [-0.25, -0.2) is 4.79 Å². The number of carbonyl (C=O) groups is 2. The van der Waals surface area contributed by atoms with Crippen molar-refractivity contribution in [2.24, 2.45) is 0 Å². The third-order valence-corrected chi connectivity index (χ3v) is 4.53. The molecule has 0 aliphatic carbocycles. The van der Waals surface area contributed by atoms with Crippen LogP contribution in [0.2, 0.25) is 0 Å². The van der Waals surface area contributed by atoms with Gasteiger partial charge >= 0.3 is 5.97 Å². The van der Waals surface area contributed by atoms with Gasteiger partial charge in [0, 0.05) is 17.5 Å². The van der Waals surface area contributed by atoms with Crippen LogP contribution < -0.4 is 0 Å². The molecule has 1 unspecified atom stereocenters. The lowest BCUT2D eigenvalue weighted by Crippen LogP contribution is -2.49. The van der Waals surface area contributed by atoms with Crippen LogP contribution in [0.3, 0.4) is 0 Å². The van der Waals surface area contributed by atoms with Gasteiger partial charge in [-0.2, -0.15) is 0 Å². The van der Waals surface area contributed by atoms with E-state index in [0.717, 1.165) is 34.9 Å². The molecule has 5 nitrogen and oxygen atoms in total. The smallest absolute Gasteiger partial charge is 0.328 e. The van der Waals surface area contributed by atoms with Gasteiger partial charge in [-0.1, -0.05) is 12.1 Å². The zero-order valence-corrected chi connectivity index (χ0v) is 14.2. The van der Waals surface area contributed by atoms with Crippen LogP contribution in [0.1, 0.15) is 37.3 Å². The summed E-state index contributed by atoms with van der Waals surface area (Å²) in [6.45, 7) is 4.73. The van der Waals surface area contributed by atoms with Crippen LogP contribution >= 0.6 is 0 Å². The molecule has 1 saturated heterocycles. The Morgan fingerprint density at radius 1 is 1.33 bits per heavy atom. The first-order valence-corrected chi connectivity index (χ1v) is 8.53. The highest BCUT2D eigenvalue weighted by atomic mass is 16.5. The van der Waals surface area contributed by atoms with Crippen LogP contribution in [0.5, 0.6) is 0 Å². The van der Waals surface area contributed by atoms with Crippen LogP contribution in [-0.4, -0.2) is 36.0 Å². The number of esters is 1. The monoisotopic (exact) mass is 329 g/mol. The van der Waals surface area contributed by atoms with Crippen molar-refractivity contribution < 1.29 is 18.7 Å². The van der Waals surface area contributed by atoms with E-state index in [1.807, 2.05) is 25.1 Å². The molecule has 5 heteroatoms. The average Bonchev–Trinajstić information content (AvgIpc) is 2.97. The molecule has 1 aliphatic rings. The zero-order chi connectivity index (χ0) is 17.1. The van der Waals surface area contributed by atoms with Crippen molar-refractivity contribution in [3.8, 4) is 0 Å². The van der Waals surface area contributed by atoms with Crippen LogP contribution in [0, 0.1) is 6.92 Å². The number of amides is 1. The third kappa shape index (κ3) is 3.30. The Morgan fingerprint density at radius 2 is 2.17 bits per heavy atom. The number of carbonyl (C=O) groups excluding carboxylic acids is 2. The number of hydrogen-bond donors (Lipinski definition) is 0. The van der Waals surface area contributed by atoms with Crippen molar-refractivity contribution in [1.82, 2.24) is 4.90 Å². The summed E-state index contributed by atoms with van der Waals surface area (Å²) in [5.74, 6) is -0.339. The van der Waals surface area contributed by atoms with Crippen molar-refractivity contribution in [3.05, 3.63) is 35.6 Å². The number of hydrogen-bond acceptors (Lipinski definition) is 4. The van der Waals surface area contributed by atoms with Gasteiger partial charge in [0.1, 0.15) is 11.6 Å². The highest BCUT2D eigenvalue weighted by Gasteiger charge is 2.33. The summed E-state index contributed by atoms with van der Waals surface area (Å²) < 4.78 is 10.7. The molecule has 1 aliphatic heterocycles. The van der Waals surface area contributed by atoms with Gasteiger partial charge in [0.15, 0.2) is 0 Å². The van der Waals surface area contributed by atoms with Gasteiger partial charge < -0.3 is 14.1 Å². The summed E-state index contributed by atoms with van der Waals surface area (Å²) in [6, 6.07) is 5.50. The fourth-order valence-corrected chi connectivity index (χ4v) is 3.31. The van der Waals surface area contributed by atoms with Crippen LogP contribution in [0.15, 0.2) is 28.9 Å². The largest absolute Gasteiger partial charge is 0.464 e.